The van der Waals surface area contributed by atoms with Crippen LogP contribution in [0.25, 0.3) is 0 Å². The van der Waals surface area contributed by atoms with Gasteiger partial charge in [-0.2, -0.15) is 4.98 Å². The summed E-state index contributed by atoms with van der Waals surface area (Å²) >= 11 is 0. The Balaban J connectivity index is 1.36. The van der Waals surface area contributed by atoms with E-state index < -0.39 is 0 Å². The minimum absolute atomic E-state index is 0.275. The molecular weight excluding hydrogens is 476 g/mol. The Bertz CT molecular complexity index is 1280. The summed E-state index contributed by atoms with van der Waals surface area (Å²) in [5, 5.41) is 9.38. The van der Waals surface area contributed by atoms with Gasteiger partial charge in [0.25, 0.3) is 5.91 Å². The molecule has 198 valence electrons. The van der Waals surface area contributed by atoms with Crippen LogP contribution in [0.1, 0.15) is 47.3 Å². The van der Waals surface area contributed by atoms with Gasteiger partial charge in [0.2, 0.25) is 5.95 Å². The van der Waals surface area contributed by atoms with Gasteiger partial charge in [-0.3, -0.25) is 4.79 Å². The topological polar surface area (TPSA) is 98.3 Å². The van der Waals surface area contributed by atoms with Crippen LogP contribution in [0.3, 0.4) is 0 Å². The molecule has 3 heterocycles. The molecule has 2 aromatic heterocycles. The first-order valence-corrected chi connectivity index (χ1v) is 13.4. The number of piperazine rings is 1. The zero-order valence-electron chi connectivity index (χ0n) is 22.2. The van der Waals surface area contributed by atoms with Gasteiger partial charge in [-0.25, -0.2) is 9.97 Å². The standard InChI is InChI=1S/C29H36N8O/c1-4-14-30-28(38)24-19-31-29(32-22-9-11-23(12-10-22)37-17-15-36(3)16-18-37)35-27(24)34-25-13-8-21-7-6-20(5-2)26(21)33-25/h4,8-13,19-20H,1,5-7,14-18H2,2-3H3,(H,30,38)(H2,31,32,33,34,35). The monoisotopic (exact) mass is 512 g/mol. The molecule has 0 bridgehead atoms. The van der Waals surface area contributed by atoms with Crippen LogP contribution >= 0.6 is 0 Å². The Labute approximate surface area is 224 Å². The van der Waals surface area contributed by atoms with Crippen molar-refractivity contribution in [1.82, 2.24) is 25.2 Å². The van der Waals surface area contributed by atoms with E-state index in [1.165, 1.54) is 17.4 Å². The van der Waals surface area contributed by atoms with Crippen molar-refractivity contribution >= 4 is 34.9 Å². The molecule has 1 atom stereocenters. The lowest BCUT2D eigenvalue weighted by molar-refractivity contribution is 0.0958. The smallest absolute Gasteiger partial charge is 0.256 e. The zero-order chi connectivity index (χ0) is 26.5. The van der Waals surface area contributed by atoms with Gasteiger partial charge in [-0.15, -0.1) is 6.58 Å². The summed E-state index contributed by atoms with van der Waals surface area (Å²) in [6.07, 6.45) is 6.43. The molecule has 38 heavy (non-hydrogen) atoms. The maximum absolute atomic E-state index is 12.9. The van der Waals surface area contributed by atoms with E-state index >= 15 is 0 Å². The zero-order valence-corrected chi connectivity index (χ0v) is 22.2. The number of hydrogen-bond donors (Lipinski definition) is 3. The third-order valence-corrected chi connectivity index (χ3v) is 7.33. The Morgan fingerprint density at radius 2 is 1.87 bits per heavy atom. The van der Waals surface area contributed by atoms with Crippen molar-refractivity contribution in [2.45, 2.75) is 32.1 Å². The van der Waals surface area contributed by atoms with Gasteiger partial charge in [0.1, 0.15) is 17.2 Å². The van der Waals surface area contributed by atoms with Gasteiger partial charge in [-0.05, 0) is 62.2 Å². The number of rotatable bonds is 9. The van der Waals surface area contributed by atoms with Gasteiger partial charge in [-0.1, -0.05) is 19.1 Å². The predicted molar refractivity (Wildman–Crippen MR) is 153 cm³/mol. The molecule has 9 nitrogen and oxygen atoms in total. The largest absolute Gasteiger partial charge is 0.369 e. The fourth-order valence-electron chi connectivity index (χ4n) is 5.04. The Morgan fingerprint density at radius 1 is 1.08 bits per heavy atom. The molecule has 1 aromatic carbocycles. The third-order valence-electron chi connectivity index (χ3n) is 7.33. The lowest BCUT2D eigenvalue weighted by Gasteiger charge is -2.34. The van der Waals surface area contributed by atoms with E-state index in [-0.39, 0.29) is 5.91 Å². The maximum Gasteiger partial charge on any atom is 0.256 e. The number of nitrogens with one attached hydrogen (secondary N) is 3. The number of fused-ring (bicyclic) bond motifs is 1. The average molecular weight is 513 g/mol. The molecule has 2 aliphatic rings. The molecule has 0 saturated carbocycles. The number of hydrogen-bond acceptors (Lipinski definition) is 8. The first-order valence-electron chi connectivity index (χ1n) is 13.4. The number of carbonyl (C=O) groups is 1. The normalized spacial score (nSPS) is 17.1. The fraction of sp³-hybridized carbons (Fsp3) is 0.379. The second-order valence-electron chi connectivity index (χ2n) is 9.93. The molecular formula is C29H36N8O. The lowest BCUT2D eigenvalue weighted by atomic mass is 10.0. The van der Waals surface area contributed by atoms with Crippen LogP contribution in [0, 0.1) is 0 Å². The van der Waals surface area contributed by atoms with Crippen LogP contribution < -0.4 is 20.9 Å². The highest BCUT2D eigenvalue weighted by Gasteiger charge is 2.23. The predicted octanol–water partition coefficient (Wildman–Crippen LogP) is 4.47. The number of amides is 1. The maximum atomic E-state index is 12.9. The molecule has 3 N–H and O–H groups in total. The van der Waals surface area contributed by atoms with Crippen LogP contribution in [-0.4, -0.2) is 65.5 Å². The minimum atomic E-state index is -0.275. The fourth-order valence-corrected chi connectivity index (χ4v) is 5.04. The van der Waals surface area contributed by atoms with Crippen molar-refractivity contribution in [3.63, 3.8) is 0 Å². The van der Waals surface area contributed by atoms with E-state index in [9.17, 15) is 4.79 Å². The van der Waals surface area contributed by atoms with Crippen molar-refractivity contribution < 1.29 is 4.79 Å². The number of aryl methyl sites for hydroxylation is 1. The van der Waals surface area contributed by atoms with Crippen LogP contribution in [0.5, 0.6) is 0 Å². The highest BCUT2D eigenvalue weighted by molar-refractivity contribution is 5.99. The summed E-state index contributed by atoms with van der Waals surface area (Å²) in [5.74, 6) is 1.66. The van der Waals surface area contributed by atoms with Crippen LogP contribution in [0.2, 0.25) is 0 Å². The summed E-state index contributed by atoms with van der Waals surface area (Å²) in [7, 11) is 2.16. The Hall–Kier alpha value is -3.98. The molecule has 5 rings (SSSR count). The molecule has 1 unspecified atom stereocenters. The third kappa shape index (κ3) is 5.78. The van der Waals surface area contributed by atoms with Gasteiger partial charge in [0, 0.05) is 61.9 Å². The second kappa shape index (κ2) is 11.6. The Kier molecular flexibility index (Phi) is 7.83. The summed E-state index contributed by atoms with van der Waals surface area (Å²) in [6, 6.07) is 12.4. The van der Waals surface area contributed by atoms with Gasteiger partial charge in [0.05, 0.1) is 0 Å². The van der Waals surface area contributed by atoms with E-state index in [1.807, 2.05) is 18.2 Å². The van der Waals surface area contributed by atoms with E-state index in [0.717, 1.165) is 56.8 Å². The minimum Gasteiger partial charge on any atom is -0.369 e. The molecule has 1 aliphatic carbocycles. The highest BCUT2D eigenvalue weighted by Crippen LogP contribution is 2.35. The van der Waals surface area contributed by atoms with Gasteiger partial charge in [0.15, 0.2) is 0 Å². The number of pyridine rings is 1. The van der Waals surface area contributed by atoms with Crippen molar-refractivity contribution in [2.75, 3.05) is 55.3 Å². The highest BCUT2D eigenvalue weighted by atomic mass is 16.1. The number of nitrogens with zero attached hydrogens (tertiary/aromatic N) is 5. The molecule has 1 amide bonds. The molecule has 1 fully saturated rings. The number of aromatic nitrogens is 3. The van der Waals surface area contributed by atoms with Crippen molar-refractivity contribution in [2.24, 2.45) is 0 Å². The quantitative estimate of drug-likeness (QED) is 0.362. The molecule has 1 saturated heterocycles. The number of benzene rings is 1. The van der Waals surface area contributed by atoms with Gasteiger partial charge < -0.3 is 25.8 Å². The van der Waals surface area contributed by atoms with Crippen molar-refractivity contribution in [1.29, 1.82) is 0 Å². The van der Waals surface area contributed by atoms with Crippen LogP contribution in [-0.2, 0) is 6.42 Å². The SMILES string of the molecule is C=CCNC(=O)c1cnc(Nc2ccc(N3CCN(C)CC3)cc2)nc1Nc1ccc2c(n1)C(CC)CC2. The first kappa shape index (κ1) is 25.7. The number of likely N-dealkylation sites (N-methyl/N-ethyl adjacent to an activating group) is 1. The Morgan fingerprint density at radius 3 is 2.61 bits per heavy atom. The summed E-state index contributed by atoms with van der Waals surface area (Å²) < 4.78 is 0. The molecule has 0 spiro atoms. The van der Waals surface area contributed by atoms with E-state index in [1.54, 1.807) is 6.08 Å². The van der Waals surface area contributed by atoms with Crippen LogP contribution in [0.15, 0.2) is 55.3 Å². The molecule has 9 heteroatoms. The lowest BCUT2D eigenvalue weighted by Crippen LogP contribution is -2.44. The van der Waals surface area contributed by atoms with E-state index in [0.29, 0.717) is 35.6 Å². The van der Waals surface area contributed by atoms with Crippen molar-refractivity contribution in [3.8, 4) is 0 Å². The molecule has 0 radical (unpaired) electrons. The van der Waals surface area contributed by atoms with Crippen molar-refractivity contribution in [3.05, 3.63) is 72.1 Å². The summed E-state index contributed by atoms with van der Waals surface area (Å²) in [5.41, 5.74) is 4.87. The van der Waals surface area contributed by atoms with E-state index in [2.05, 4.69) is 74.5 Å². The molecule has 3 aromatic rings. The van der Waals surface area contributed by atoms with Crippen LogP contribution in [0.4, 0.5) is 29.0 Å². The number of carbonyl (C=O) groups excluding carboxylic acids is 1. The second-order valence-corrected chi connectivity index (χ2v) is 9.93. The summed E-state index contributed by atoms with van der Waals surface area (Å²) in [4.78, 5) is 31.6. The first-order chi connectivity index (χ1) is 18.5. The van der Waals surface area contributed by atoms with Gasteiger partial charge >= 0.3 is 0 Å². The molecule has 1 aliphatic heterocycles. The number of anilines is 5. The van der Waals surface area contributed by atoms with E-state index in [4.69, 9.17) is 4.98 Å². The average Bonchev–Trinajstić information content (AvgIpc) is 3.35. The summed E-state index contributed by atoms with van der Waals surface area (Å²) in [6.45, 7) is 10.4.